The monoisotopic (exact) mass is 542 g/mol. The zero-order chi connectivity index (χ0) is 24.4. The van der Waals surface area contributed by atoms with E-state index in [9.17, 15) is 34.5 Å². The molecule has 2 heterocycles. The van der Waals surface area contributed by atoms with Crippen molar-refractivity contribution >= 4 is 23.9 Å². The molecule has 0 amide bonds. The quantitative estimate of drug-likeness (QED) is 0.276. The summed E-state index contributed by atoms with van der Waals surface area (Å²) in [5, 5.41) is 43.1. The van der Waals surface area contributed by atoms with E-state index in [0.717, 1.165) is 0 Å². The number of aliphatic carboxylic acids is 4. The number of rotatable bonds is 10. The first-order chi connectivity index (χ1) is 15.7. The zero-order valence-electron chi connectivity index (χ0n) is 19.4. The van der Waals surface area contributed by atoms with Crippen LogP contribution in [0.1, 0.15) is 37.1 Å². The molecular formula is C21H26MnN3NaO9. The molecular weight excluding hydrogens is 516 g/mol. The molecule has 0 aliphatic carbocycles. The second-order valence-electron chi connectivity index (χ2n) is 7.69. The molecule has 1 radical (unpaired) electrons. The van der Waals surface area contributed by atoms with Crippen LogP contribution in [0, 0.1) is 0 Å². The first-order valence-corrected chi connectivity index (χ1v) is 10.5. The normalized spacial score (nSPS) is 16.8. The number of nitrogens with zero attached hydrogens (tertiary/aromatic N) is 3. The topological polar surface area (TPSA) is 186 Å². The molecule has 0 aromatic carbocycles. The molecule has 187 valence electrons. The molecule has 0 unspecified atom stereocenters. The standard InChI is InChI=1S/C21H29N3O9.Mn.Na/c25-18(26)6-4-16(20(29)30)23-8-10-33-11-9-24(17(21(31)32)5-7-19(27)28)13-15-3-1-2-14(12-23)22-15;;/h1-3,16-17H,4-13H2,(H,25,26)(H,27,28)(H,29,30)(H,31,32);;/q;+2;+1/p-3/t16-,17-;;/m0../s1. The van der Waals surface area contributed by atoms with Gasteiger partial charge < -0.3 is 39.5 Å². The maximum atomic E-state index is 11.7. The van der Waals surface area contributed by atoms with Crippen LogP contribution >= 0.6 is 0 Å². The van der Waals surface area contributed by atoms with Gasteiger partial charge in [0, 0.05) is 38.6 Å². The van der Waals surface area contributed by atoms with Crippen LogP contribution in [-0.4, -0.2) is 82.2 Å². The number of aromatic nitrogens is 1. The van der Waals surface area contributed by atoms with Crippen molar-refractivity contribution < 1.29 is 91.0 Å². The first-order valence-electron chi connectivity index (χ1n) is 10.5. The Kier molecular flexibility index (Phi) is 16.2. The van der Waals surface area contributed by atoms with E-state index in [1.165, 1.54) is 9.80 Å². The van der Waals surface area contributed by atoms with Crippen molar-refractivity contribution in [3.05, 3.63) is 29.6 Å². The summed E-state index contributed by atoms with van der Waals surface area (Å²) >= 11 is 0. The molecule has 12 nitrogen and oxygen atoms in total. The second kappa shape index (κ2) is 17.0. The van der Waals surface area contributed by atoms with Gasteiger partial charge in [0.2, 0.25) is 0 Å². The molecule has 1 aliphatic rings. The van der Waals surface area contributed by atoms with Crippen molar-refractivity contribution in [2.24, 2.45) is 0 Å². The third-order valence-electron chi connectivity index (χ3n) is 5.32. The van der Waals surface area contributed by atoms with Gasteiger partial charge in [0.15, 0.2) is 0 Å². The predicted octanol–water partition coefficient (Wildman–Crippen LogP) is -6.65. The second-order valence-corrected chi connectivity index (χ2v) is 7.69. The van der Waals surface area contributed by atoms with Gasteiger partial charge in [-0.1, -0.05) is 6.07 Å². The van der Waals surface area contributed by atoms with Gasteiger partial charge in [-0.15, -0.1) is 0 Å². The van der Waals surface area contributed by atoms with Crippen molar-refractivity contribution in [3.63, 3.8) is 0 Å². The van der Waals surface area contributed by atoms with E-state index < -0.39 is 42.4 Å². The van der Waals surface area contributed by atoms with E-state index >= 15 is 0 Å². The summed E-state index contributed by atoms with van der Waals surface area (Å²) in [6, 6.07) is 2.69. The molecule has 0 saturated heterocycles. The molecule has 2 rings (SSSR count). The maximum Gasteiger partial charge on any atom is 2.00 e. The molecule has 0 fully saturated rings. The van der Waals surface area contributed by atoms with Crippen LogP contribution < -0.4 is 44.9 Å². The Morgan fingerprint density at radius 1 is 0.914 bits per heavy atom. The summed E-state index contributed by atoms with van der Waals surface area (Å²) in [6.45, 7) is 0.641. The summed E-state index contributed by atoms with van der Waals surface area (Å²) in [5.74, 6) is -5.29. The molecule has 1 aliphatic heterocycles. The zero-order valence-corrected chi connectivity index (χ0v) is 22.6. The fourth-order valence-electron chi connectivity index (χ4n) is 3.69. The van der Waals surface area contributed by atoms with Crippen LogP contribution in [0.5, 0.6) is 0 Å². The van der Waals surface area contributed by atoms with Crippen molar-refractivity contribution in [2.75, 3.05) is 26.3 Å². The average molecular weight is 542 g/mol. The van der Waals surface area contributed by atoms with Crippen LogP contribution in [0.3, 0.4) is 0 Å². The summed E-state index contributed by atoms with van der Waals surface area (Å²) in [7, 11) is 0. The van der Waals surface area contributed by atoms with Gasteiger partial charge in [0.25, 0.3) is 0 Å². The number of carboxylic acid groups (broad SMARTS) is 4. The van der Waals surface area contributed by atoms with E-state index in [4.69, 9.17) is 9.84 Å². The van der Waals surface area contributed by atoms with Gasteiger partial charge in [0.1, 0.15) is 0 Å². The molecule has 0 spiro atoms. The van der Waals surface area contributed by atoms with Crippen LogP contribution in [0.4, 0.5) is 0 Å². The van der Waals surface area contributed by atoms with Gasteiger partial charge >= 0.3 is 52.6 Å². The Hall–Kier alpha value is -1.57. The van der Waals surface area contributed by atoms with Crippen molar-refractivity contribution in [1.29, 1.82) is 0 Å². The fraction of sp³-hybridized carbons (Fsp3) is 0.571. The van der Waals surface area contributed by atoms with Gasteiger partial charge in [-0.2, -0.15) is 0 Å². The smallest absolute Gasteiger partial charge is 0.550 e. The number of carbonyl (C=O) groups excluding carboxylic acids is 3. The van der Waals surface area contributed by atoms with Crippen LogP contribution in [0.2, 0.25) is 0 Å². The third-order valence-corrected chi connectivity index (χ3v) is 5.32. The van der Waals surface area contributed by atoms with Gasteiger partial charge in [0.05, 0.1) is 48.6 Å². The summed E-state index contributed by atoms with van der Waals surface area (Å²) in [6.07, 6.45) is -1.12. The van der Waals surface area contributed by atoms with E-state index in [1.54, 1.807) is 18.2 Å². The average Bonchev–Trinajstić information content (AvgIpc) is 2.71. The fourth-order valence-corrected chi connectivity index (χ4v) is 3.69. The summed E-state index contributed by atoms with van der Waals surface area (Å²) < 4.78 is 5.57. The van der Waals surface area contributed by atoms with E-state index in [1.807, 2.05) is 0 Å². The number of ether oxygens (including phenoxy) is 1. The Bertz CT molecular complexity index is 798. The van der Waals surface area contributed by atoms with Crippen molar-refractivity contribution in [3.8, 4) is 0 Å². The van der Waals surface area contributed by atoms with E-state index in [0.29, 0.717) is 11.4 Å². The van der Waals surface area contributed by atoms with Crippen molar-refractivity contribution in [2.45, 2.75) is 50.9 Å². The van der Waals surface area contributed by atoms with E-state index in [-0.39, 0.29) is 105 Å². The minimum absolute atomic E-state index is 0. The Morgan fingerprint density at radius 2 is 1.37 bits per heavy atom. The molecule has 2 atom stereocenters. The Morgan fingerprint density at radius 3 is 1.77 bits per heavy atom. The summed E-state index contributed by atoms with van der Waals surface area (Å²) in [5.41, 5.74) is 0.984. The van der Waals surface area contributed by atoms with Crippen LogP contribution in [-0.2, 0) is 54.1 Å². The van der Waals surface area contributed by atoms with Gasteiger partial charge in [-0.3, -0.25) is 19.6 Å². The molecule has 1 aromatic rings. The largest absolute Gasteiger partial charge is 2.00 e. The number of hydrogen-bond donors (Lipinski definition) is 1. The van der Waals surface area contributed by atoms with E-state index in [2.05, 4.69) is 4.98 Å². The Labute approximate surface area is 235 Å². The molecule has 0 saturated carbocycles. The molecule has 1 aromatic heterocycles. The van der Waals surface area contributed by atoms with Crippen molar-refractivity contribution in [1.82, 2.24) is 14.8 Å². The first kappa shape index (κ1) is 33.4. The number of carboxylic acids is 4. The minimum atomic E-state index is -1.42. The number of fused-ring (bicyclic) bond motifs is 2. The minimum Gasteiger partial charge on any atom is -0.550 e. The van der Waals surface area contributed by atoms with Gasteiger partial charge in [-0.05, 0) is 31.4 Å². The SMILES string of the molecule is O=C([O-])CC[C@@H](C(=O)[O-])N1CCOCCN([C@@H](CCC(=O)O)C(=O)[O-])Cc2cccc(n2)C1.[Mn+2].[Na+]. The molecule has 2 bridgehead atoms. The molecule has 14 heteroatoms. The number of pyridine rings is 1. The third kappa shape index (κ3) is 11.8. The van der Waals surface area contributed by atoms with Crippen LogP contribution in [0.15, 0.2) is 18.2 Å². The maximum absolute atomic E-state index is 11.7. The Balaban J connectivity index is 0.00000578. The number of hydrogen-bond acceptors (Lipinski definition) is 11. The molecule has 35 heavy (non-hydrogen) atoms. The predicted molar refractivity (Wildman–Crippen MR) is 105 cm³/mol. The van der Waals surface area contributed by atoms with Gasteiger partial charge in [-0.25, -0.2) is 0 Å². The summed E-state index contributed by atoms with van der Waals surface area (Å²) in [4.78, 5) is 52.6. The molecule has 1 N–H and O–H groups in total. The van der Waals surface area contributed by atoms with Crippen LogP contribution in [0.25, 0.3) is 0 Å². The number of carbonyl (C=O) groups is 4.